The lowest BCUT2D eigenvalue weighted by Gasteiger charge is -2.01. The Labute approximate surface area is 69.5 Å². The van der Waals surface area contributed by atoms with Gasteiger partial charge in [-0.1, -0.05) is 0 Å². The van der Waals surface area contributed by atoms with E-state index in [0.717, 1.165) is 19.4 Å². The average molecular weight is 167 g/mol. The van der Waals surface area contributed by atoms with Crippen LogP contribution in [0.1, 0.15) is 35.4 Å². The van der Waals surface area contributed by atoms with Gasteiger partial charge in [0.1, 0.15) is 6.10 Å². The molecule has 64 valence electrons. The van der Waals surface area contributed by atoms with Gasteiger partial charge in [0.2, 0.25) is 5.89 Å². The number of carbonyl (C=O) groups excluding carboxylic acids is 1. The summed E-state index contributed by atoms with van der Waals surface area (Å²) in [5.41, 5.74) is 0. The minimum absolute atomic E-state index is 0.0429. The molecule has 2 heterocycles. The first-order valence-corrected chi connectivity index (χ1v) is 3.92. The van der Waals surface area contributed by atoms with Crippen LogP contribution in [0.4, 0.5) is 0 Å². The van der Waals surface area contributed by atoms with Crippen LogP contribution in [0.25, 0.3) is 0 Å². The van der Waals surface area contributed by atoms with Crippen molar-refractivity contribution in [3.63, 3.8) is 0 Å². The summed E-state index contributed by atoms with van der Waals surface area (Å²) in [6, 6.07) is 0. The van der Waals surface area contributed by atoms with E-state index in [9.17, 15) is 4.79 Å². The molecule has 0 aliphatic carbocycles. The molecule has 1 aromatic rings. The van der Waals surface area contributed by atoms with Crippen molar-refractivity contribution in [2.24, 2.45) is 0 Å². The molecule has 1 aliphatic heterocycles. The molecule has 1 unspecified atom stereocenters. The summed E-state index contributed by atoms with van der Waals surface area (Å²) in [6.45, 7) is 0.753. The normalized spacial score (nSPS) is 22.8. The van der Waals surface area contributed by atoms with Crippen molar-refractivity contribution in [3.05, 3.63) is 17.8 Å². The summed E-state index contributed by atoms with van der Waals surface area (Å²) in [5, 5.41) is 0. The average Bonchev–Trinajstić information content (AvgIpc) is 2.75. The fourth-order valence-corrected chi connectivity index (χ4v) is 1.28. The van der Waals surface area contributed by atoms with Crippen LogP contribution >= 0.6 is 0 Å². The van der Waals surface area contributed by atoms with Crippen LogP contribution in [-0.2, 0) is 4.74 Å². The summed E-state index contributed by atoms with van der Waals surface area (Å²) in [7, 11) is 0. The van der Waals surface area contributed by atoms with Gasteiger partial charge in [0.25, 0.3) is 0 Å². The number of hydrogen-bond acceptors (Lipinski definition) is 4. The molecule has 1 atom stereocenters. The molecule has 0 amide bonds. The second kappa shape index (κ2) is 3.06. The summed E-state index contributed by atoms with van der Waals surface area (Å²) in [4.78, 5) is 14.2. The van der Waals surface area contributed by atoms with Gasteiger partial charge in [0.15, 0.2) is 12.0 Å². The van der Waals surface area contributed by atoms with Crippen molar-refractivity contribution < 1.29 is 13.9 Å². The van der Waals surface area contributed by atoms with Gasteiger partial charge in [-0.2, -0.15) is 0 Å². The van der Waals surface area contributed by atoms with E-state index in [2.05, 4.69) is 4.98 Å². The Morgan fingerprint density at radius 2 is 2.58 bits per heavy atom. The molecular formula is C8H9NO3. The smallest absolute Gasteiger partial charge is 0.224 e. The van der Waals surface area contributed by atoms with Gasteiger partial charge in [-0.3, -0.25) is 4.79 Å². The number of nitrogens with zero attached hydrogens (tertiary/aromatic N) is 1. The van der Waals surface area contributed by atoms with E-state index in [1.807, 2.05) is 0 Å². The Morgan fingerprint density at radius 3 is 3.17 bits per heavy atom. The predicted octanol–water partition coefficient (Wildman–Crippen LogP) is 1.34. The van der Waals surface area contributed by atoms with E-state index < -0.39 is 0 Å². The third kappa shape index (κ3) is 1.25. The maximum atomic E-state index is 10.3. The standard InChI is InChI=1S/C8H9NO3/c10-5-6-4-9-8(12-6)7-2-1-3-11-7/h4-5,7H,1-3H2. The Bertz CT molecular complexity index is 276. The number of aromatic nitrogens is 1. The number of aldehydes is 1. The van der Waals surface area contributed by atoms with Gasteiger partial charge in [-0.15, -0.1) is 0 Å². The topological polar surface area (TPSA) is 52.3 Å². The van der Waals surface area contributed by atoms with Crippen molar-refractivity contribution in [2.75, 3.05) is 6.61 Å². The summed E-state index contributed by atoms with van der Waals surface area (Å²) in [6.07, 6.45) is 3.98. The van der Waals surface area contributed by atoms with Gasteiger partial charge in [0, 0.05) is 6.61 Å². The highest BCUT2D eigenvalue weighted by molar-refractivity contribution is 5.69. The van der Waals surface area contributed by atoms with Gasteiger partial charge >= 0.3 is 0 Å². The molecule has 1 aliphatic rings. The van der Waals surface area contributed by atoms with Crippen molar-refractivity contribution in [1.82, 2.24) is 4.98 Å². The zero-order valence-corrected chi connectivity index (χ0v) is 6.53. The number of ether oxygens (including phenoxy) is 1. The molecule has 0 N–H and O–H groups in total. The largest absolute Gasteiger partial charge is 0.435 e. The molecule has 0 aromatic carbocycles. The quantitative estimate of drug-likeness (QED) is 0.623. The maximum Gasteiger partial charge on any atom is 0.224 e. The van der Waals surface area contributed by atoms with Gasteiger partial charge in [-0.25, -0.2) is 4.98 Å². The molecular weight excluding hydrogens is 158 g/mol. The monoisotopic (exact) mass is 167 g/mol. The second-order valence-electron chi connectivity index (χ2n) is 2.72. The fourth-order valence-electron chi connectivity index (χ4n) is 1.28. The van der Waals surface area contributed by atoms with Crippen LogP contribution < -0.4 is 0 Å². The van der Waals surface area contributed by atoms with Crippen LogP contribution in [0.3, 0.4) is 0 Å². The number of carbonyl (C=O) groups is 1. The van der Waals surface area contributed by atoms with Crippen molar-refractivity contribution in [2.45, 2.75) is 18.9 Å². The minimum atomic E-state index is -0.0429. The lowest BCUT2D eigenvalue weighted by Crippen LogP contribution is -1.94. The van der Waals surface area contributed by atoms with Crippen LogP contribution in [0.2, 0.25) is 0 Å². The van der Waals surface area contributed by atoms with Crippen LogP contribution in [-0.4, -0.2) is 17.9 Å². The fraction of sp³-hybridized carbons (Fsp3) is 0.500. The van der Waals surface area contributed by atoms with Gasteiger partial charge in [0.05, 0.1) is 6.20 Å². The Hall–Kier alpha value is -1.16. The van der Waals surface area contributed by atoms with E-state index in [4.69, 9.17) is 9.15 Å². The maximum absolute atomic E-state index is 10.3. The minimum Gasteiger partial charge on any atom is -0.435 e. The predicted molar refractivity (Wildman–Crippen MR) is 39.8 cm³/mol. The van der Waals surface area contributed by atoms with Crippen molar-refractivity contribution in [1.29, 1.82) is 0 Å². The molecule has 2 rings (SSSR count). The number of rotatable bonds is 2. The van der Waals surface area contributed by atoms with Crippen LogP contribution in [0.15, 0.2) is 10.6 Å². The lowest BCUT2D eigenvalue weighted by molar-refractivity contribution is 0.0870. The Kier molecular flexibility index (Phi) is 1.91. The first-order valence-electron chi connectivity index (χ1n) is 3.92. The van der Waals surface area contributed by atoms with E-state index in [0.29, 0.717) is 12.2 Å². The Morgan fingerprint density at radius 1 is 1.67 bits per heavy atom. The molecule has 4 heteroatoms. The molecule has 0 radical (unpaired) electrons. The summed E-state index contributed by atoms with van der Waals surface area (Å²) in [5.74, 6) is 0.787. The molecule has 0 spiro atoms. The molecule has 1 aromatic heterocycles. The molecule has 1 saturated heterocycles. The molecule has 12 heavy (non-hydrogen) atoms. The summed E-state index contributed by atoms with van der Waals surface area (Å²) >= 11 is 0. The zero-order chi connectivity index (χ0) is 8.39. The van der Waals surface area contributed by atoms with Crippen molar-refractivity contribution >= 4 is 6.29 Å². The van der Waals surface area contributed by atoms with E-state index in [1.165, 1.54) is 6.20 Å². The highest BCUT2D eigenvalue weighted by atomic mass is 16.5. The second-order valence-corrected chi connectivity index (χ2v) is 2.72. The summed E-state index contributed by atoms with van der Waals surface area (Å²) < 4.78 is 10.4. The molecule has 0 bridgehead atoms. The number of hydrogen-bond donors (Lipinski definition) is 0. The highest BCUT2D eigenvalue weighted by Gasteiger charge is 2.22. The van der Waals surface area contributed by atoms with E-state index >= 15 is 0 Å². The van der Waals surface area contributed by atoms with Crippen LogP contribution in [0, 0.1) is 0 Å². The van der Waals surface area contributed by atoms with E-state index in [1.54, 1.807) is 0 Å². The van der Waals surface area contributed by atoms with Gasteiger partial charge in [-0.05, 0) is 12.8 Å². The Balaban J connectivity index is 2.16. The van der Waals surface area contributed by atoms with Crippen LogP contribution in [0.5, 0.6) is 0 Å². The molecule has 1 fully saturated rings. The first-order chi connectivity index (χ1) is 5.90. The third-order valence-corrected chi connectivity index (χ3v) is 1.86. The van der Waals surface area contributed by atoms with E-state index in [-0.39, 0.29) is 11.9 Å². The SMILES string of the molecule is O=Cc1cnc(C2CCCO2)o1. The first kappa shape index (κ1) is 7.49. The molecule has 0 saturated carbocycles. The van der Waals surface area contributed by atoms with Crippen molar-refractivity contribution in [3.8, 4) is 0 Å². The highest BCUT2D eigenvalue weighted by Crippen LogP contribution is 2.27. The third-order valence-electron chi connectivity index (χ3n) is 1.86. The van der Waals surface area contributed by atoms with Gasteiger partial charge < -0.3 is 9.15 Å². The number of oxazole rings is 1. The lowest BCUT2D eigenvalue weighted by atomic mass is 10.2. The zero-order valence-electron chi connectivity index (χ0n) is 6.53. The molecule has 4 nitrogen and oxygen atoms in total.